The average molecular weight is 184 g/mol. The molecule has 2 N–H and O–H groups in total. The van der Waals surface area contributed by atoms with Gasteiger partial charge in [-0.25, -0.2) is 9.97 Å². The van der Waals surface area contributed by atoms with Crippen LogP contribution in [-0.4, -0.2) is 9.97 Å². The fourth-order valence-electron chi connectivity index (χ4n) is 1.07. The second-order valence-electron chi connectivity index (χ2n) is 3.02. The van der Waals surface area contributed by atoms with Crippen LogP contribution in [0.1, 0.15) is 30.1 Å². The summed E-state index contributed by atoms with van der Waals surface area (Å²) in [5, 5.41) is 0.509. The monoisotopic (exact) mass is 183 g/mol. The molecule has 0 aliphatic heterocycles. The summed E-state index contributed by atoms with van der Waals surface area (Å²) >= 11 is 5.87. The summed E-state index contributed by atoms with van der Waals surface area (Å²) in [5.74, 6) is 1.42. The molecular weight excluding hydrogens is 174 g/mol. The lowest BCUT2D eigenvalue weighted by molar-refractivity contribution is 0.897. The van der Waals surface area contributed by atoms with E-state index in [9.17, 15) is 0 Å². The summed E-state index contributed by atoms with van der Waals surface area (Å²) in [7, 11) is 0. The van der Waals surface area contributed by atoms with Gasteiger partial charge in [-0.2, -0.15) is 0 Å². The van der Waals surface area contributed by atoms with E-state index in [2.05, 4.69) is 9.97 Å². The van der Waals surface area contributed by atoms with Crippen LogP contribution < -0.4 is 5.73 Å². The third kappa shape index (κ3) is 1.42. The SMILES string of the molecule is NCc1cnc(C2CC2)nc1Cl. The molecular formula is C8H10ClN3. The standard InChI is InChI=1S/C8H10ClN3/c9-7-6(3-10)4-11-8(12-7)5-1-2-5/h4-5H,1-3,10H2. The molecule has 1 aromatic heterocycles. The summed E-state index contributed by atoms with van der Waals surface area (Å²) in [6, 6.07) is 0. The van der Waals surface area contributed by atoms with E-state index in [1.807, 2.05) is 0 Å². The van der Waals surface area contributed by atoms with Crippen LogP contribution in [0.3, 0.4) is 0 Å². The predicted molar refractivity (Wildman–Crippen MR) is 46.9 cm³/mol. The van der Waals surface area contributed by atoms with Gasteiger partial charge >= 0.3 is 0 Å². The number of rotatable bonds is 2. The maximum absolute atomic E-state index is 5.87. The molecule has 1 aliphatic carbocycles. The fraction of sp³-hybridized carbons (Fsp3) is 0.500. The second-order valence-corrected chi connectivity index (χ2v) is 3.38. The number of hydrogen-bond donors (Lipinski definition) is 1. The summed E-state index contributed by atoms with van der Waals surface area (Å²) in [4.78, 5) is 8.38. The van der Waals surface area contributed by atoms with E-state index in [1.165, 1.54) is 12.8 Å². The van der Waals surface area contributed by atoms with Gasteiger partial charge in [0.25, 0.3) is 0 Å². The Bertz CT molecular complexity index is 296. The van der Waals surface area contributed by atoms with Crippen molar-refractivity contribution in [1.82, 2.24) is 9.97 Å². The van der Waals surface area contributed by atoms with Crippen molar-refractivity contribution in [2.45, 2.75) is 25.3 Å². The molecule has 12 heavy (non-hydrogen) atoms. The minimum absolute atomic E-state index is 0.407. The van der Waals surface area contributed by atoms with Gasteiger partial charge in [-0.3, -0.25) is 0 Å². The van der Waals surface area contributed by atoms with Gasteiger partial charge in [0, 0.05) is 24.2 Å². The molecule has 0 radical (unpaired) electrons. The molecule has 64 valence electrons. The van der Waals surface area contributed by atoms with Gasteiger partial charge in [0.15, 0.2) is 0 Å². The Labute approximate surface area is 76.0 Å². The Morgan fingerprint density at radius 2 is 2.33 bits per heavy atom. The van der Waals surface area contributed by atoms with Crippen LogP contribution >= 0.6 is 11.6 Å². The topological polar surface area (TPSA) is 51.8 Å². The Morgan fingerprint density at radius 1 is 1.58 bits per heavy atom. The van der Waals surface area contributed by atoms with Gasteiger partial charge in [0.05, 0.1) is 0 Å². The van der Waals surface area contributed by atoms with Gasteiger partial charge < -0.3 is 5.73 Å². The maximum Gasteiger partial charge on any atom is 0.137 e. The minimum atomic E-state index is 0.407. The number of halogens is 1. The highest BCUT2D eigenvalue weighted by Gasteiger charge is 2.26. The predicted octanol–water partition coefficient (Wildman–Crippen LogP) is 1.47. The first-order chi connectivity index (χ1) is 5.81. The molecule has 0 spiro atoms. The van der Waals surface area contributed by atoms with Gasteiger partial charge in [-0.05, 0) is 12.8 Å². The number of nitrogens with zero attached hydrogens (tertiary/aromatic N) is 2. The highest BCUT2D eigenvalue weighted by molar-refractivity contribution is 6.30. The van der Waals surface area contributed by atoms with Crippen molar-refractivity contribution in [2.24, 2.45) is 5.73 Å². The van der Waals surface area contributed by atoms with E-state index in [4.69, 9.17) is 17.3 Å². The molecule has 3 nitrogen and oxygen atoms in total. The van der Waals surface area contributed by atoms with Crippen LogP contribution in [0.5, 0.6) is 0 Å². The molecule has 2 rings (SSSR count). The van der Waals surface area contributed by atoms with Crippen LogP contribution in [0.15, 0.2) is 6.20 Å². The summed E-state index contributed by atoms with van der Waals surface area (Å²) in [6.45, 7) is 0.407. The van der Waals surface area contributed by atoms with Gasteiger partial charge in [0.2, 0.25) is 0 Å². The Kier molecular flexibility index (Phi) is 1.98. The summed E-state index contributed by atoms with van der Waals surface area (Å²) in [5.41, 5.74) is 6.25. The van der Waals surface area contributed by atoms with E-state index in [0.717, 1.165) is 11.4 Å². The highest BCUT2D eigenvalue weighted by Crippen LogP contribution is 2.38. The molecule has 0 amide bonds. The largest absolute Gasteiger partial charge is 0.326 e. The zero-order valence-corrected chi connectivity index (χ0v) is 7.38. The Balaban J connectivity index is 2.30. The molecule has 0 bridgehead atoms. The minimum Gasteiger partial charge on any atom is -0.326 e. The quantitative estimate of drug-likeness (QED) is 0.707. The van der Waals surface area contributed by atoms with Gasteiger partial charge in [-0.1, -0.05) is 11.6 Å². The zero-order valence-electron chi connectivity index (χ0n) is 6.63. The molecule has 1 fully saturated rings. The molecule has 0 saturated heterocycles. The summed E-state index contributed by atoms with van der Waals surface area (Å²) in [6.07, 6.45) is 4.11. The fourth-order valence-corrected chi connectivity index (χ4v) is 1.29. The van der Waals surface area contributed by atoms with Crippen LogP contribution in [0, 0.1) is 0 Å². The van der Waals surface area contributed by atoms with Crippen LogP contribution in [-0.2, 0) is 6.54 Å². The first-order valence-electron chi connectivity index (χ1n) is 4.02. The van der Waals surface area contributed by atoms with Gasteiger partial charge in [0.1, 0.15) is 11.0 Å². The van der Waals surface area contributed by atoms with Crippen molar-refractivity contribution >= 4 is 11.6 Å². The lowest BCUT2D eigenvalue weighted by atomic mass is 10.3. The number of aromatic nitrogens is 2. The molecule has 1 saturated carbocycles. The van der Waals surface area contributed by atoms with Crippen molar-refractivity contribution in [3.8, 4) is 0 Å². The van der Waals surface area contributed by atoms with Crippen LogP contribution in [0.2, 0.25) is 5.15 Å². The Hall–Kier alpha value is -0.670. The highest BCUT2D eigenvalue weighted by atomic mass is 35.5. The van der Waals surface area contributed by atoms with Crippen molar-refractivity contribution in [3.05, 3.63) is 22.7 Å². The molecule has 1 heterocycles. The molecule has 0 atom stereocenters. The zero-order chi connectivity index (χ0) is 8.55. The van der Waals surface area contributed by atoms with E-state index in [1.54, 1.807) is 6.20 Å². The van der Waals surface area contributed by atoms with Crippen molar-refractivity contribution in [2.75, 3.05) is 0 Å². The van der Waals surface area contributed by atoms with Crippen molar-refractivity contribution < 1.29 is 0 Å². The first-order valence-corrected chi connectivity index (χ1v) is 4.40. The van der Waals surface area contributed by atoms with Crippen molar-refractivity contribution in [1.29, 1.82) is 0 Å². The van der Waals surface area contributed by atoms with Crippen LogP contribution in [0.4, 0.5) is 0 Å². The van der Waals surface area contributed by atoms with Crippen molar-refractivity contribution in [3.63, 3.8) is 0 Å². The maximum atomic E-state index is 5.87. The number of nitrogens with two attached hydrogens (primary N) is 1. The normalized spacial score (nSPS) is 16.5. The third-order valence-electron chi connectivity index (χ3n) is 1.99. The third-order valence-corrected chi connectivity index (χ3v) is 2.32. The average Bonchev–Trinajstić information content (AvgIpc) is 2.86. The molecule has 0 unspecified atom stereocenters. The Morgan fingerprint density at radius 3 is 2.83 bits per heavy atom. The van der Waals surface area contributed by atoms with E-state index in [-0.39, 0.29) is 0 Å². The summed E-state index contributed by atoms with van der Waals surface area (Å²) < 4.78 is 0. The first kappa shape index (κ1) is 7.95. The molecule has 1 aromatic rings. The smallest absolute Gasteiger partial charge is 0.137 e. The molecule has 1 aliphatic rings. The van der Waals surface area contributed by atoms with E-state index in [0.29, 0.717) is 17.6 Å². The van der Waals surface area contributed by atoms with Gasteiger partial charge in [-0.15, -0.1) is 0 Å². The lowest BCUT2D eigenvalue weighted by Crippen LogP contribution is -2.02. The lowest BCUT2D eigenvalue weighted by Gasteiger charge is -2.01. The number of hydrogen-bond acceptors (Lipinski definition) is 3. The molecule has 4 heteroatoms. The second kappa shape index (κ2) is 2.99. The van der Waals surface area contributed by atoms with E-state index >= 15 is 0 Å². The van der Waals surface area contributed by atoms with Crippen LogP contribution in [0.25, 0.3) is 0 Å². The van der Waals surface area contributed by atoms with E-state index < -0.39 is 0 Å². The molecule has 0 aromatic carbocycles.